The highest BCUT2D eigenvalue weighted by Gasteiger charge is 2.32. The molecule has 0 radical (unpaired) electrons. The number of aryl methyl sites for hydroxylation is 1. The lowest BCUT2D eigenvalue weighted by Crippen LogP contribution is -2.48. The molecule has 4 rings (SSSR count). The minimum Gasteiger partial charge on any atom is -0.341 e. The molecule has 26 heavy (non-hydrogen) atoms. The lowest BCUT2D eigenvalue weighted by atomic mass is 9.80. The molecule has 0 unspecified atom stereocenters. The van der Waals surface area contributed by atoms with E-state index in [0.29, 0.717) is 6.04 Å². The van der Waals surface area contributed by atoms with E-state index in [4.69, 9.17) is 0 Å². The molecule has 3 heteroatoms. The molecule has 0 saturated carbocycles. The summed E-state index contributed by atoms with van der Waals surface area (Å²) in [6.45, 7) is 14.8. The van der Waals surface area contributed by atoms with Crippen molar-refractivity contribution in [2.24, 2.45) is 5.41 Å². The van der Waals surface area contributed by atoms with E-state index in [2.05, 4.69) is 84.9 Å². The summed E-state index contributed by atoms with van der Waals surface area (Å²) in [5.41, 5.74) is 4.35. The predicted octanol–water partition coefficient (Wildman–Crippen LogP) is 4.81. The summed E-state index contributed by atoms with van der Waals surface area (Å²) < 4.78 is 2.44. The number of aromatic nitrogens is 1. The Bertz CT molecular complexity index is 910. The molecule has 0 bridgehead atoms. The third-order valence-electron chi connectivity index (χ3n) is 5.77. The Morgan fingerprint density at radius 3 is 2.35 bits per heavy atom. The van der Waals surface area contributed by atoms with Crippen molar-refractivity contribution < 1.29 is 0 Å². The molecule has 138 valence electrons. The molecule has 2 aromatic carbocycles. The highest BCUT2D eigenvalue weighted by atomic mass is 15.2. The molecule has 0 spiro atoms. The van der Waals surface area contributed by atoms with Gasteiger partial charge in [0.25, 0.3) is 0 Å². The Hall–Kier alpha value is -1.84. The van der Waals surface area contributed by atoms with Gasteiger partial charge in [0.15, 0.2) is 0 Å². The molecule has 1 aliphatic heterocycles. The normalized spacial score (nSPS) is 17.8. The molecule has 0 aliphatic carbocycles. The third kappa shape index (κ3) is 2.93. The first-order valence-electron chi connectivity index (χ1n) is 9.96. The summed E-state index contributed by atoms with van der Waals surface area (Å²) in [4.78, 5) is 2.66. The zero-order valence-electron chi connectivity index (χ0n) is 16.5. The monoisotopic (exact) mass is 349 g/mol. The minimum absolute atomic E-state index is 0.203. The van der Waals surface area contributed by atoms with Crippen LogP contribution in [-0.2, 0) is 6.54 Å². The van der Waals surface area contributed by atoms with Gasteiger partial charge >= 0.3 is 0 Å². The fourth-order valence-electron chi connectivity index (χ4n) is 4.78. The number of benzene rings is 2. The molecule has 2 heterocycles. The largest absolute Gasteiger partial charge is 0.341 e. The highest BCUT2D eigenvalue weighted by Crippen LogP contribution is 2.40. The van der Waals surface area contributed by atoms with Crippen molar-refractivity contribution in [3.63, 3.8) is 0 Å². The lowest BCUT2D eigenvalue weighted by molar-refractivity contribution is 0.0863. The van der Waals surface area contributed by atoms with Crippen LogP contribution in [0.4, 0.5) is 0 Å². The Balaban J connectivity index is 1.88. The Morgan fingerprint density at radius 1 is 0.962 bits per heavy atom. The van der Waals surface area contributed by atoms with Gasteiger partial charge in [-0.15, -0.1) is 0 Å². The van der Waals surface area contributed by atoms with Gasteiger partial charge in [-0.25, -0.2) is 0 Å². The third-order valence-corrected chi connectivity index (χ3v) is 5.77. The maximum atomic E-state index is 3.49. The van der Waals surface area contributed by atoms with Crippen LogP contribution in [0.3, 0.4) is 0 Å². The first-order valence-corrected chi connectivity index (χ1v) is 9.96. The van der Waals surface area contributed by atoms with Crippen molar-refractivity contribution in [2.75, 3.05) is 26.2 Å². The molecule has 1 atom stereocenters. The number of piperazine rings is 1. The number of para-hydroxylation sites is 1. The summed E-state index contributed by atoms with van der Waals surface area (Å²) in [5, 5.41) is 6.26. The zero-order valence-corrected chi connectivity index (χ0v) is 16.5. The number of rotatable bonds is 3. The molecule has 1 saturated heterocycles. The number of nitrogens with one attached hydrogen (secondary N) is 1. The van der Waals surface area contributed by atoms with E-state index in [-0.39, 0.29) is 5.41 Å². The van der Waals surface area contributed by atoms with Gasteiger partial charge in [-0.3, -0.25) is 4.90 Å². The molecule has 0 amide bonds. The molecule has 1 fully saturated rings. The summed E-state index contributed by atoms with van der Waals surface area (Å²) in [6.07, 6.45) is 0. The van der Waals surface area contributed by atoms with Gasteiger partial charge in [-0.05, 0) is 36.1 Å². The molecule has 1 aromatic heterocycles. The van der Waals surface area contributed by atoms with E-state index in [1.54, 1.807) is 0 Å². The van der Waals surface area contributed by atoms with Crippen molar-refractivity contribution in [2.45, 2.75) is 40.3 Å². The number of fused-ring (bicyclic) bond motifs is 3. The molecular formula is C23H31N3. The molecule has 1 aliphatic rings. The lowest BCUT2D eigenvalue weighted by Gasteiger charge is -2.42. The van der Waals surface area contributed by atoms with Gasteiger partial charge in [-0.1, -0.05) is 45.0 Å². The Kier molecular flexibility index (Phi) is 4.54. The smallest absolute Gasteiger partial charge is 0.0491 e. The topological polar surface area (TPSA) is 20.2 Å². The summed E-state index contributed by atoms with van der Waals surface area (Å²) in [6, 6.07) is 16.4. The SMILES string of the molecule is CCn1c2ccccc2c2cc([C@@H](N3CCNCC3)C(C)(C)C)ccc21. The van der Waals surface area contributed by atoms with Crippen molar-refractivity contribution in [1.82, 2.24) is 14.8 Å². The van der Waals surface area contributed by atoms with Crippen LogP contribution in [0.15, 0.2) is 42.5 Å². The first kappa shape index (κ1) is 17.6. The van der Waals surface area contributed by atoms with E-state index < -0.39 is 0 Å². The summed E-state index contributed by atoms with van der Waals surface area (Å²) >= 11 is 0. The van der Waals surface area contributed by atoms with Crippen molar-refractivity contribution >= 4 is 21.8 Å². The average molecular weight is 350 g/mol. The molecule has 1 N–H and O–H groups in total. The van der Waals surface area contributed by atoms with Gasteiger partial charge in [0, 0.05) is 60.6 Å². The zero-order chi connectivity index (χ0) is 18.3. The van der Waals surface area contributed by atoms with Crippen molar-refractivity contribution in [1.29, 1.82) is 0 Å². The van der Waals surface area contributed by atoms with Crippen LogP contribution in [-0.4, -0.2) is 35.6 Å². The van der Waals surface area contributed by atoms with Crippen LogP contribution in [0.2, 0.25) is 0 Å². The van der Waals surface area contributed by atoms with Crippen LogP contribution in [0.1, 0.15) is 39.3 Å². The van der Waals surface area contributed by atoms with Crippen molar-refractivity contribution in [3.05, 3.63) is 48.0 Å². The molecular weight excluding hydrogens is 318 g/mol. The average Bonchev–Trinajstić information content (AvgIpc) is 2.95. The second-order valence-corrected chi connectivity index (χ2v) is 8.59. The van der Waals surface area contributed by atoms with Crippen LogP contribution >= 0.6 is 0 Å². The van der Waals surface area contributed by atoms with Crippen LogP contribution < -0.4 is 5.32 Å². The standard InChI is InChI=1S/C23H31N3/c1-5-26-20-9-7-6-8-18(20)19-16-17(10-11-21(19)26)22(23(2,3)4)25-14-12-24-13-15-25/h6-11,16,22,24H,5,12-15H2,1-4H3/t22-/m1/s1. The van der Waals surface area contributed by atoms with Gasteiger partial charge in [0.05, 0.1) is 0 Å². The number of hydrogen-bond acceptors (Lipinski definition) is 2. The minimum atomic E-state index is 0.203. The summed E-state index contributed by atoms with van der Waals surface area (Å²) in [7, 11) is 0. The number of hydrogen-bond donors (Lipinski definition) is 1. The van der Waals surface area contributed by atoms with E-state index in [9.17, 15) is 0 Å². The van der Waals surface area contributed by atoms with Gasteiger partial charge < -0.3 is 9.88 Å². The second kappa shape index (κ2) is 6.71. The van der Waals surface area contributed by atoms with E-state index in [1.807, 2.05) is 0 Å². The second-order valence-electron chi connectivity index (χ2n) is 8.59. The van der Waals surface area contributed by atoms with E-state index >= 15 is 0 Å². The Labute approximate surface area is 157 Å². The summed E-state index contributed by atoms with van der Waals surface area (Å²) in [5.74, 6) is 0. The molecule has 3 nitrogen and oxygen atoms in total. The van der Waals surface area contributed by atoms with Gasteiger partial charge in [-0.2, -0.15) is 0 Å². The van der Waals surface area contributed by atoms with Crippen molar-refractivity contribution in [3.8, 4) is 0 Å². The van der Waals surface area contributed by atoms with Crippen LogP contribution in [0, 0.1) is 5.41 Å². The Morgan fingerprint density at radius 2 is 1.65 bits per heavy atom. The van der Waals surface area contributed by atoms with E-state index in [0.717, 1.165) is 32.7 Å². The fourth-order valence-corrected chi connectivity index (χ4v) is 4.78. The van der Waals surface area contributed by atoms with E-state index in [1.165, 1.54) is 27.4 Å². The fraction of sp³-hybridized carbons (Fsp3) is 0.478. The van der Waals surface area contributed by atoms with Crippen LogP contribution in [0.5, 0.6) is 0 Å². The van der Waals surface area contributed by atoms with Crippen LogP contribution in [0.25, 0.3) is 21.8 Å². The molecule has 3 aromatic rings. The van der Waals surface area contributed by atoms with Gasteiger partial charge in [0.2, 0.25) is 0 Å². The maximum Gasteiger partial charge on any atom is 0.0491 e. The van der Waals surface area contributed by atoms with Gasteiger partial charge in [0.1, 0.15) is 0 Å². The highest BCUT2D eigenvalue weighted by molar-refractivity contribution is 6.08. The quantitative estimate of drug-likeness (QED) is 0.732. The maximum absolute atomic E-state index is 3.49. The first-order chi connectivity index (χ1) is 12.5. The number of nitrogens with zero attached hydrogens (tertiary/aromatic N) is 2. The predicted molar refractivity (Wildman–Crippen MR) is 112 cm³/mol.